The van der Waals surface area contributed by atoms with Gasteiger partial charge >= 0.3 is 12.0 Å². The lowest BCUT2D eigenvalue weighted by Gasteiger charge is -2.39. The molecule has 1 aliphatic heterocycles. The monoisotopic (exact) mass is 254 g/mol. The lowest BCUT2D eigenvalue weighted by atomic mass is 9.82. The molecule has 0 aromatic rings. The van der Waals surface area contributed by atoms with Gasteiger partial charge in [0.2, 0.25) is 0 Å². The second-order valence-electron chi connectivity index (χ2n) is 6.00. The molecule has 2 rings (SSSR count). The van der Waals surface area contributed by atoms with Gasteiger partial charge in [0, 0.05) is 26.7 Å². The molecule has 1 saturated carbocycles. The molecule has 0 aromatic heterocycles. The largest absolute Gasteiger partial charge is 0.481 e. The number of carbonyl (C=O) groups is 2. The first-order valence-electron chi connectivity index (χ1n) is 6.66. The highest BCUT2D eigenvalue weighted by molar-refractivity contribution is 5.78. The first kappa shape index (κ1) is 13.2. The minimum absolute atomic E-state index is 0.0194. The molecule has 1 aliphatic carbocycles. The molecule has 18 heavy (non-hydrogen) atoms. The van der Waals surface area contributed by atoms with Crippen molar-refractivity contribution in [2.75, 3.05) is 26.7 Å². The van der Waals surface area contributed by atoms with E-state index >= 15 is 0 Å². The quantitative estimate of drug-likeness (QED) is 0.832. The van der Waals surface area contributed by atoms with Gasteiger partial charge in [-0.1, -0.05) is 0 Å². The molecule has 2 aliphatic rings. The van der Waals surface area contributed by atoms with Crippen molar-refractivity contribution in [3.05, 3.63) is 0 Å². The third-order valence-corrected chi connectivity index (χ3v) is 4.04. The summed E-state index contributed by atoms with van der Waals surface area (Å²) in [6.45, 7) is 3.54. The van der Waals surface area contributed by atoms with E-state index in [1.807, 2.05) is 7.05 Å². The van der Waals surface area contributed by atoms with Gasteiger partial charge in [-0.25, -0.2) is 4.79 Å². The maximum Gasteiger partial charge on any atom is 0.319 e. The Balaban J connectivity index is 1.94. The number of hydrogen-bond acceptors (Lipinski definition) is 2. The topological polar surface area (TPSA) is 60.9 Å². The third kappa shape index (κ3) is 2.76. The normalized spacial score (nSPS) is 28.0. The van der Waals surface area contributed by atoms with Gasteiger partial charge in [0.1, 0.15) is 0 Å². The molecule has 0 bridgehead atoms. The van der Waals surface area contributed by atoms with Crippen molar-refractivity contribution in [1.82, 2.24) is 9.80 Å². The van der Waals surface area contributed by atoms with Crippen molar-refractivity contribution in [1.29, 1.82) is 0 Å². The Morgan fingerprint density at radius 1 is 1.44 bits per heavy atom. The molecule has 1 N–H and O–H groups in total. The number of carbonyl (C=O) groups excluding carboxylic acids is 1. The minimum Gasteiger partial charge on any atom is -0.481 e. The van der Waals surface area contributed by atoms with Gasteiger partial charge in [0.25, 0.3) is 0 Å². The second kappa shape index (κ2) is 4.78. The van der Waals surface area contributed by atoms with Crippen LogP contribution < -0.4 is 0 Å². The Morgan fingerprint density at radius 2 is 2.11 bits per heavy atom. The summed E-state index contributed by atoms with van der Waals surface area (Å²) in [6, 6.07) is -0.0194. The molecule has 1 unspecified atom stereocenters. The highest BCUT2D eigenvalue weighted by atomic mass is 16.4. The number of likely N-dealkylation sites (tertiary alicyclic amines) is 1. The molecular weight excluding hydrogens is 232 g/mol. The fourth-order valence-electron chi connectivity index (χ4n) is 2.58. The fraction of sp³-hybridized carbons (Fsp3) is 0.846. The van der Waals surface area contributed by atoms with Crippen LogP contribution in [0.4, 0.5) is 4.79 Å². The van der Waals surface area contributed by atoms with Crippen LogP contribution in [0.3, 0.4) is 0 Å². The average molecular weight is 254 g/mol. The molecule has 1 heterocycles. The van der Waals surface area contributed by atoms with Crippen LogP contribution in [0.5, 0.6) is 0 Å². The van der Waals surface area contributed by atoms with Gasteiger partial charge < -0.3 is 14.9 Å². The Kier molecular flexibility index (Phi) is 3.50. The maximum absolute atomic E-state index is 12.2. The van der Waals surface area contributed by atoms with Gasteiger partial charge in [-0.05, 0) is 38.5 Å². The lowest BCUT2D eigenvalue weighted by molar-refractivity contribution is -0.150. The molecule has 0 radical (unpaired) electrons. The summed E-state index contributed by atoms with van der Waals surface area (Å²) >= 11 is 0. The smallest absolute Gasteiger partial charge is 0.319 e. The predicted molar refractivity (Wildman–Crippen MR) is 67.3 cm³/mol. The summed E-state index contributed by atoms with van der Waals surface area (Å²) in [7, 11) is 1.81. The predicted octanol–water partition coefficient (Wildman–Crippen LogP) is 1.63. The van der Waals surface area contributed by atoms with E-state index in [1.54, 1.807) is 16.7 Å². The number of urea groups is 1. The first-order valence-corrected chi connectivity index (χ1v) is 6.66. The van der Waals surface area contributed by atoms with Crippen LogP contribution in [0.1, 0.15) is 32.6 Å². The number of nitrogens with zero attached hydrogens (tertiary/aromatic N) is 2. The third-order valence-electron chi connectivity index (χ3n) is 4.04. The Labute approximate surface area is 108 Å². The van der Waals surface area contributed by atoms with E-state index in [0.717, 1.165) is 13.0 Å². The van der Waals surface area contributed by atoms with Crippen molar-refractivity contribution in [3.8, 4) is 0 Å². The molecule has 2 fully saturated rings. The van der Waals surface area contributed by atoms with Gasteiger partial charge in [0.05, 0.1) is 5.41 Å². The van der Waals surface area contributed by atoms with Crippen LogP contribution in [0, 0.1) is 11.3 Å². The highest BCUT2D eigenvalue weighted by Crippen LogP contribution is 2.32. The van der Waals surface area contributed by atoms with Gasteiger partial charge in [-0.2, -0.15) is 0 Å². The average Bonchev–Trinajstić information content (AvgIpc) is 3.11. The van der Waals surface area contributed by atoms with Crippen LogP contribution in [-0.2, 0) is 4.79 Å². The Bertz CT molecular complexity index is 354. The molecule has 0 aromatic carbocycles. The van der Waals surface area contributed by atoms with E-state index < -0.39 is 11.4 Å². The molecular formula is C13H22N2O3. The van der Waals surface area contributed by atoms with Gasteiger partial charge in [-0.3, -0.25) is 4.79 Å². The molecule has 0 spiro atoms. The standard InChI is InChI=1S/C13H22N2O3/c1-13(11(16)17)6-3-7-15(9-13)12(18)14(2)8-10-4-5-10/h10H,3-9H2,1-2H3,(H,16,17). The van der Waals surface area contributed by atoms with E-state index in [0.29, 0.717) is 25.4 Å². The van der Waals surface area contributed by atoms with Gasteiger partial charge in [-0.15, -0.1) is 0 Å². The zero-order valence-electron chi connectivity index (χ0n) is 11.2. The van der Waals surface area contributed by atoms with Crippen LogP contribution in [0.15, 0.2) is 0 Å². The zero-order chi connectivity index (χ0) is 13.3. The van der Waals surface area contributed by atoms with E-state index in [4.69, 9.17) is 0 Å². The molecule has 1 atom stereocenters. The second-order valence-corrected chi connectivity index (χ2v) is 6.00. The van der Waals surface area contributed by atoms with Crippen molar-refractivity contribution < 1.29 is 14.7 Å². The van der Waals surface area contributed by atoms with Crippen LogP contribution in [0.25, 0.3) is 0 Å². The van der Waals surface area contributed by atoms with Crippen LogP contribution >= 0.6 is 0 Å². The number of carboxylic acids is 1. The molecule has 1 saturated heterocycles. The number of carboxylic acid groups (broad SMARTS) is 1. The number of aliphatic carboxylic acids is 1. The summed E-state index contributed by atoms with van der Waals surface area (Å²) in [6.07, 6.45) is 3.85. The summed E-state index contributed by atoms with van der Waals surface area (Å²) in [5.74, 6) is -0.139. The van der Waals surface area contributed by atoms with E-state index in [1.165, 1.54) is 12.8 Å². The number of piperidine rings is 1. The number of hydrogen-bond donors (Lipinski definition) is 1. The van der Waals surface area contributed by atoms with Gasteiger partial charge in [0.15, 0.2) is 0 Å². The summed E-state index contributed by atoms with van der Waals surface area (Å²) in [5, 5.41) is 9.24. The van der Waals surface area contributed by atoms with E-state index in [-0.39, 0.29) is 6.03 Å². The SMILES string of the molecule is CN(CC1CC1)C(=O)N1CCCC(C)(C(=O)O)C1. The molecule has 5 nitrogen and oxygen atoms in total. The maximum atomic E-state index is 12.2. The fourth-order valence-corrected chi connectivity index (χ4v) is 2.58. The van der Waals surface area contributed by atoms with E-state index in [2.05, 4.69) is 0 Å². The molecule has 102 valence electrons. The summed E-state index contributed by atoms with van der Waals surface area (Å²) < 4.78 is 0. The Morgan fingerprint density at radius 3 is 2.67 bits per heavy atom. The van der Waals surface area contributed by atoms with Crippen LogP contribution in [0.2, 0.25) is 0 Å². The van der Waals surface area contributed by atoms with Crippen molar-refractivity contribution in [2.45, 2.75) is 32.6 Å². The van der Waals surface area contributed by atoms with Crippen molar-refractivity contribution in [3.63, 3.8) is 0 Å². The number of rotatable bonds is 3. The first-order chi connectivity index (χ1) is 8.42. The molecule has 2 amide bonds. The molecule has 5 heteroatoms. The zero-order valence-corrected chi connectivity index (χ0v) is 11.2. The Hall–Kier alpha value is -1.26. The van der Waals surface area contributed by atoms with Crippen molar-refractivity contribution in [2.24, 2.45) is 11.3 Å². The minimum atomic E-state index is -0.801. The summed E-state index contributed by atoms with van der Waals surface area (Å²) in [5.41, 5.74) is -0.783. The lowest BCUT2D eigenvalue weighted by Crippen LogP contribution is -2.52. The van der Waals surface area contributed by atoms with Crippen molar-refractivity contribution >= 4 is 12.0 Å². The summed E-state index contributed by atoms with van der Waals surface area (Å²) in [4.78, 5) is 26.9. The van der Waals surface area contributed by atoms with E-state index in [9.17, 15) is 14.7 Å². The van der Waals surface area contributed by atoms with Crippen LogP contribution in [-0.4, -0.2) is 53.6 Å². The highest BCUT2D eigenvalue weighted by Gasteiger charge is 2.40. The number of amides is 2.